The molecule has 0 aliphatic carbocycles. The van der Waals surface area contributed by atoms with Gasteiger partial charge < -0.3 is 30.2 Å². The van der Waals surface area contributed by atoms with Gasteiger partial charge in [0, 0.05) is 68.5 Å². The molecule has 0 atom stereocenters. The van der Waals surface area contributed by atoms with Gasteiger partial charge in [0.15, 0.2) is 0 Å². The minimum absolute atomic E-state index is 0.611. The Bertz CT molecular complexity index is 816. The van der Waals surface area contributed by atoms with Crippen molar-refractivity contribution < 1.29 is 0 Å². The van der Waals surface area contributed by atoms with E-state index in [4.69, 9.17) is 0 Å². The van der Waals surface area contributed by atoms with Crippen LogP contribution in [0.1, 0.15) is 53.4 Å². The number of aromatic nitrogens is 6. The topological polar surface area (TPSA) is 114 Å². The first-order valence-electron chi connectivity index (χ1n) is 12.9. The second-order valence-electron chi connectivity index (χ2n) is 8.92. The molecule has 204 valence electrons. The predicted molar refractivity (Wildman–Crippen MR) is 153 cm³/mol. The molecule has 0 amide bonds. The van der Waals surface area contributed by atoms with Gasteiger partial charge in [0.2, 0.25) is 35.7 Å². The molecule has 0 spiro atoms. The van der Waals surface area contributed by atoms with Gasteiger partial charge in [-0.05, 0) is 26.7 Å². The number of unbranched alkanes of at least 4 members (excludes halogenated alkanes) is 2. The summed E-state index contributed by atoms with van der Waals surface area (Å²) in [5.41, 5.74) is 0. The molecular formula is C24H48N12. The molecule has 36 heavy (non-hydrogen) atoms. The van der Waals surface area contributed by atoms with E-state index in [2.05, 4.69) is 64.2 Å². The summed E-state index contributed by atoms with van der Waals surface area (Å²) in [7, 11) is 11.7. The summed E-state index contributed by atoms with van der Waals surface area (Å²) in [6.45, 7) is 12.0. The van der Waals surface area contributed by atoms with Crippen LogP contribution >= 0.6 is 0 Å². The molecule has 2 rings (SSSR count). The molecule has 0 aliphatic rings. The zero-order valence-corrected chi connectivity index (χ0v) is 24.1. The maximum absolute atomic E-state index is 4.61. The molecule has 0 radical (unpaired) electrons. The van der Waals surface area contributed by atoms with Crippen LogP contribution in [0.2, 0.25) is 0 Å². The van der Waals surface area contributed by atoms with Gasteiger partial charge in [0.05, 0.1) is 0 Å². The van der Waals surface area contributed by atoms with E-state index in [9.17, 15) is 0 Å². The molecule has 2 aromatic heterocycles. The standard InChI is InChI=1S/C15H30N6.C9H18N6/c1-6-9-11-20(4)14-17-13(16-8-3)18-15(19-14)21(5)12-10-7-2;1-6-10-7-11-8(14(2)3)13-9(12-7)15(4)5/h6-12H2,1-5H3,(H,16,17,18,19);6H2,1-5H3,(H,10,11,12,13). The van der Waals surface area contributed by atoms with Gasteiger partial charge in [-0.3, -0.25) is 0 Å². The Morgan fingerprint density at radius 1 is 0.500 bits per heavy atom. The van der Waals surface area contributed by atoms with Gasteiger partial charge in [-0.15, -0.1) is 0 Å². The minimum Gasteiger partial charge on any atom is -0.354 e. The lowest BCUT2D eigenvalue weighted by molar-refractivity contribution is 0.729. The van der Waals surface area contributed by atoms with Crippen molar-refractivity contribution >= 4 is 35.7 Å². The SMILES string of the molecule is CCCCN(C)c1nc(NCC)nc(N(C)CCCC)n1.CCNc1nc(N(C)C)nc(N(C)C)n1. The van der Waals surface area contributed by atoms with E-state index in [1.54, 1.807) is 0 Å². The fourth-order valence-electron chi connectivity index (χ4n) is 2.91. The average molecular weight is 505 g/mol. The molecule has 0 saturated heterocycles. The summed E-state index contributed by atoms with van der Waals surface area (Å²) >= 11 is 0. The lowest BCUT2D eigenvalue weighted by atomic mass is 10.3. The molecule has 2 aromatic rings. The van der Waals surface area contributed by atoms with Crippen molar-refractivity contribution in [2.45, 2.75) is 53.4 Å². The average Bonchev–Trinajstić information content (AvgIpc) is 2.86. The predicted octanol–water partition coefficient (Wildman–Crippen LogP) is 3.21. The van der Waals surface area contributed by atoms with Crippen molar-refractivity contribution in [3.63, 3.8) is 0 Å². The molecular weight excluding hydrogens is 456 g/mol. The number of hydrogen-bond donors (Lipinski definition) is 2. The van der Waals surface area contributed by atoms with Crippen LogP contribution in [0.15, 0.2) is 0 Å². The fourth-order valence-corrected chi connectivity index (χ4v) is 2.91. The first kappa shape index (κ1) is 30.9. The molecule has 2 N–H and O–H groups in total. The van der Waals surface area contributed by atoms with E-state index < -0.39 is 0 Å². The van der Waals surface area contributed by atoms with E-state index >= 15 is 0 Å². The number of rotatable bonds is 14. The third-order valence-corrected chi connectivity index (χ3v) is 5.07. The second kappa shape index (κ2) is 16.5. The summed E-state index contributed by atoms with van der Waals surface area (Å²) in [6, 6.07) is 0. The van der Waals surface area contributed by atoms with Crippen LogP contribution in [0, 0.1) is 0 Å². The lowest BCUT2D eigenvalue weighted by Crippen LogP contribution is -2.26. The first-order chi connectivity index (χ1) is 17.2. The quantitative estimate of drug-likeness (QED) is 0.394. The largest absolute Gasteiger partial charge is 0.354 e. The normalized spacial score (nSPS) is 10.3. The maximum atomic E-state index is 4.61. The fraction of sp³-hybridized carbons (Fsp3) is 0.750. The molecule has 12 heteroatoms. The number of anilines is 6. The molecule has 0 saturated carbocycles. The number of hydrogen-bond acceptors (Lipinski definition) is 12. The second-order valence-corrected chi connectivity index (χ2v) is 8.92. The monoisotopic (exact) mass is 504 g/mol. The smallest absolute Gasteiger partial charge is 0.231 e. The van der Waals surface area contributed by atoms with Gasteiger partial charge in [0.25, 0.3) is 0 Å². The third-order valence-electron chi connectivity index (χ3n) is 5.07. The lowest BCUT2D eigenvalue weighted by Gasteiger charge is -2.21. The number of nitrogens with one attached hydrogen (secondary N) is 2. The van der Waals surface area contributed by atoms with Crippen molar-refractivity contribution in [1.29, 1.82) is 0 Å². The van der Waals surface area contributed by atoms with Crippen molar-refractivity contribution in [3.8, 4) is 0 Å². The third kappa shape index (κ3) is 10.6. The van der Waals surface area contributed by atoms with Crippen molar-refractivity contribution in [3.05, 3.63) is 0 Å². The number of nitrogens with zero attached hydrogens (tertiary/aromatic N) is 10. The zero-order valence-electron chi connectivity index (χ0n) is 24.1. The van der Waals surface area contributed by atoms with Crippen LogP contribution in [0.5, 0.6) is 0 Å². The maximum Gasteiger partial charge on any atom is 0.231 e. The van der Waals surface area contributed by atoms with Gasteiger partial charge in [0.1, 0.15) is 0 Å². The molecule has 0 bridgehead atoms. The Labute approximate surface area is 218 Å². The Kier molecular flexibility index (Phi) is 14.1. The van der Waals surface area contributed by atoms with E-state index in [-0.39, 0.29) is 0 Å². The highest BCUT2D eigenvalue weighted by Crippen LogP contribution is 2.16. The summed E-state index contributed by atoms with van der Waals surface area (Å²) in [4.78, 5) is 34.4. The van der Waals surface area contributed by atoms with Crippen LogP contribution in [0.4, 0.5) is 35.7 Å². The minimum atomic E-state index is 0.611. The van der Waals surface area contributed by atoms with Crippen LogP contribution < -0.4 is 30.2 Å². The molecule has 0 aliphatic heterocycles. The highest BCUT2D eigenvalue weighted by atomic mass is 15.4. The van der Waals surface area contributed by atoms with Crippen molar-refractivity contribution in [1.82, 2.24) is 29.9 Å². The van der Waals surface area contributed by atoms with Gasteiger partial charge in [-0.2, -0.15) is 29.9 Å². The summed E-state index contributed by atoms with van der Waals surface area (Å²) in [5.74, 6) is 4.07. The van der Waals surface area contributed by atoms with Crippen molar-refractivity contribution in [2.24, 2.45) is 0 Å². The summed E-state index contributed by atoms with van der Waals surface area (Å²) in [6.07, 6.45) is 4.61. The van der Waals surface area contributed by atoms with Crippen LogP contribution in [-0.4, -0.2) is 98.4 Å². The van der Waals surface area contributed by atoms with Crippen LogP contribution in [0.3, 0.4) is 0 Å². The van der Waals surface area contributed by atoms with E-state index in [1.165, 1.54) is 12.8 Å². The Morgan fingerprint density at radius 2 is 0.833 bits per heavy atom. The van der Waals surface area contributed by atoms with E-state index in [0.29, 0.717) is 23.8 Å². The summed E-state index contributed by atoms with van der Waals surface area (Å²) < 4.78 is 0. The first-order valence-corrected chi connectivity index (χ1v) is 12.9. The van der Waals surface area contributed by atoms with Gasteiger partial charge in [-0.1, -0.05) is 26.7 Å². The highest BCUT2D eigenvalue weighted by molar-refractivity contribution is 5.45. The molecule has 2 heterocycles. The zero-order chi connectivity index (χ0) is 27.1. The Hall–Kier alpha value is -3.18. The molecule has 0 unspecified atom stereocenters. The molecule has 12 nitrogen and oxygen atoms in total. The van der Waals surface area contributed by atoms with E-state index in [0.717, 1.165) is 50.9 Å². The highest BCUT2D eigenvalue weighted by Gasteiger charge is 2.13. The van der Waals surface area contributed by atoms with Gasteiger partial charge >= 0.3 is 0 Å². The van der Waals surface area contributed by atoms with Gasteiger partial charge in [-0.25, -0.2) is 0 Å². The Balaban J connectivity index is 0.000000381. The van der Waals surface area contributed by atoms with E-state index in [1.807, 2.05) is 65.9 Å². The summed E-state index contributed by atoms with van der Waals surface area (Å²) in [5, 5.41) is 6.28. The molecule has 0 aromatic carbocycles. The van der Waals surface area contributed by atoms with Crippen molar-refractivity contribution in [2.75, 3.05) is 98.7 Å². The van der Waals surface area contributed by atoms with Crippen LogP contribution in [0.25, 0.3) is 0 Å². The van der Waals surface area contributed by atoms with Crippen LogP contribution in [-0.2, 0) is 0 Å². The Morgan fingerprint density at radius 3 is 1.14 bits per heavy atom. The molecule has 0 fully saturated rings.